The molecule has 1 heterocycles. The highest BCUT2D eigenvalue weighted by atomic mass is 32.2. The number of rotatable bonds is 1. The van der Waals surface area contributed by atoms with Crippen molar-refractivity contribution >= 4 is 11.8 Å². The summed E-state index contributed by atoms with van der Waals surface area (Å²) < 4.78 is 0. The zero-order valence-corrected chi connectivity index (χ0v) is 12.2. The minimum Gasteiger partial charge on any atom is -0.305 e. The van der Waals surface area contributed by atoms with Gasteiger partial charge in [0.1, 0.15) is 0 Å². The third-order valence-electron chi connectivity index (χ3n) is 2.96. The van der Waals surface area contributed by atoms with E-state index in [1.54, 1.807) is 0 Å². The van der Waals surface area contributed by atoms with E-state index in [-0.39, 0.29) is 0 Å². The number of benzene rings is 2. The highest BCUT2D eigenvalue weighted by molar-refractivity contribution is 7.99. The van der Waals surface area contributed by atoms with Crippen LogP contribution in [0.2, 0.25) is 0 Å². The molecule has 1 aliphatic heterocycles. The van der Waals surface area contributed by atoms with Crippen LogP contribution in [-0.4, -0.2) is 6.61 Å². The van der Waals surface area contributed by atoms with Crippen molar-refractivity contribution in [3.8, 4) is 0 Å². The zero-order valence-electron chi connectivity index (χ0n) is 11.3. The first-order chi connectivity index (χ1) is 9.24. The molecule has 2 N–H and O–H groups in total. The lowest BCUT2D eigenvalue weighted by atomic mass is 10.0. The van der Waals surface area contributed by atoms with Gasteiger partial charge in [-0.25, -0.2) is 5.90 Å². The zero-order chi connectivity index (χ0) is 13.7. The summed E-state index contributed by atoms with van der Waals surface area (Å²) in [6, 6.07) is 15.4. The minimum absolute atomic E-state index is 0.597. The third-order valence-corrected chi connectivity index (χ3v) is 4.19. The highest BCUT2D eigenvalue weighted by Crippen LogP contribution is 2.39. The van der Waals surface area contributed by atoms with E-state index in [1.165, 1.54) is 26.5 Å². The summed E-state index contributed by atoms with van der Waals surface area (Å²) in [6.45, 7) is 4.59. The van der Waals surface area contributed by atoms with Crippen LogP contribution >= 0.6 is 11.8 Å². The Morgan fingerprint density at radius 2 is 1.79 bits per heavy atom. The van der Waals surface area contributed by atoms with Crippen LogP contribution in [-0.2, 0) is 11.3 Å². The Morgan fingerprint density at radius 1 is 1.11 bits per heavy atom. The molecule has 2 aromatic carbocycles. The molecule has 3 rings (SSSR count). The van der Waals surface area contributed by atoms with Crippen molar-refractivity contribution in [3.63, 3.8) is 0 Å². The predicted molar refractivity (Wildman–Crippen MR) is 80.4 cm³/mol. The van der Waals surface area contributed by atoms with Crippen LogP contribution in [0.5, 0.6) is 0 Å². The minimum atomic E-state index is 0.597. The third kappa shape index (κ3) is 3.60. The SMILES string of the molecule is CCON.Cc1ccc2c(c1)Cc1ccccc1S2. The molecule has 2 aromatic rings. The molecule has 100 valence electrons. The standard InChI is InChI=1S/C14H12S.C2H7NO/c1-10-6-7-14-12(8-10)9-11-4-2-3-5-13(11)15-14;1-2-4-3/h2-8H,9H2,1H3;2-3H2,1H3. The van der Waals surface area contributed by atoms with E-state index in [4.69, 9.17) is 0 Å². The second-order valence-electron chi connectivity index (χ2n) is 4.45. The molecule has 0 amide bonds. The van der Waals surface area contributed by atoms with Crippen molar-refractivity contribution in [2.45, 2.75) is 30.1 Å². The normalized spacial score (nSPS) is 11.9. The Balaban J connectivity index is 0.000000297. The number of hydrogen-bond acceptors (Lipinski definition) is 3. The van der Waals surface area contributed by atoms with Crippen LogP contribution in [0.15, 0.2) is 52.3 Å². The number of aryl methyl sites for hydroxylation is 1. The summed E-state index contributed by atoms with van der Waals surface area (Å²) in [4.78, 5) is 6.87. The molecular weight excluding hydrogens is 254 g/mol. The van der Waals surface area contributed by atoms with Crippen LogP contribution in [0.4, 0.5) is 0 Å². The maximum atomic E-state index is 4.53. The van der Waals surface area contributed by atoms with Gasteiger partial charge in [0.15, 0.2) is 0 Å². The van der Waals surface area contributed by atoms with Crippen LogP contribution < -0.4 is 5.90 Å². The maximum Gasteiger partial charge on any atom is 0.0651 e. The molecule has 19 heavy (non-hydrogen) atoms. The monoisotopic (exact) mass is 273 g/mol. The van der Waals surface area contributed by atoms with Gasteiger partial charge in [0.05, 0.1) is 6.61 Å². The van der Waals surface area contributed by atoms with E-state index < -0.39 is 0 Å². The molecule has 0 spiro atoms. The molecule has 1 aliphatic rings. The molecule has 2 nitrogen and oxygen atoms in total. The maximum absolute atomic E-state index is 4.53. The Bertz CT molecular complexity index is 552. The lowest BCUT2D eigenvalue weighted by molar-refractivity contribution is 0.152. The lowest BCUT2D eigenvalue weighted by Gasteiger charge is -2.18. The van der Waals surface area contributed by atoms with Crippen molar-refractivity contribution in [3.05, 3.63) is 59.2 Å². The van der Waals surface area contributed by atoms with Gasteiger partial charge in [-0.1, -0.05) is 47.7 Å². The lowest BCUT2D eigenvalue weighted by Crippen LogP contribution is -1.99. The van der Waals surface area contributed by atoms with Crippen LogP contribution in [0.1, 0.15) is 23.6 Å². The fourth-order valence-corrected chi connectivity index (χ4v) is 3.07. The van der Waals surface area contributed by atoms with Crippen LogP contribution in [0.25, 0.3) is 0 Å². The summed E-state index contributed by atoms with van der Waals surface area (Å²) in [5.74, 6) is 4.53. The Hall–Kier alpha value is -1.29. The van der Waals surface area contributed by atoms with Crippen molar-refractivity contribution in [1.29, 1.82) is 0 Å². The van der Waals surface area contributed by atoms with Gasteiger partial charge in [0.25, 0.3) is 0 Å². The number of fused-ring (bicyclic) bond motifs is 2. The quantitative estimate of drug-likeness (QED) is 0.682. The van der Waals surface area contributed by atoms with Crippen molar-refractivity contribution in [1.82, 2.24) is 0 Å². The van der Waals surface area contributed by atoms with Gasteiger partial charge >= 0.3 is 0 Å². The largest absolute Gasteiger partial charge is 0.305 e. The fraction of sp³-hybridized carbons (Fsp3) is 0.250. The summed E-state index contributed by atoms with van der Waals surface area (Å²) in [6.07, 6.45) is 1.08. The van der Waals surface area contributed by atoms with E-state index >= 15 is 0 Å². The average Bonchev–Trinajstić information content (AvgIpc) is 2.45. The number of nitrogens with two attached hydrogens (primary N) is 1. The average molecular weight is 273 g/mol. The fourth-order valence-electron chi connectivity index (χ4n) is 2.02. The van der Waals surface area contributed by atoms with Gasteiger partial charge < -0.3 is 4.84 Å². The van der Waals surface area contributed by atoms with E-state index in [1.807, 2.05) is 18.7 Å². The van der Waals surface area contributed by atoms with Gasteiger partial charge in [0.2, 0.25) is 0 Å². The van der Waals surface area contributed by atoms with Gasteiger partial charge in [-0.2, -0.15) is 0 Å². The highest BCUT2D eigenvalue weighted by Gasteiger charge is 2.14. The van der Waals surface area contributed by atoms with Gasteiger partial charge in [0, 0.05) is 9.79 Å². The summed E-state index contributed by atoms with van der Waals surface area (Å²) in [5, 5.41) is 0. The van der Waals surface area contributed by atoms with Crippen LogP contribution in [0.3, 0.4) is 0 Å². The molecule has 3 heteroatoms. The van der Waals surface area contributed by atoms with E-state index in [2.05, 4.69) is 60.1 Å². The van der Waals surface area contributed by atoms with E-state index in [0.29, 0.717) is 6.61 Å². The second kappa shape index (κ2) is 6.75. The summed E-state index contributed by atoms with van der Waals surface area (Å²) >= 11 is 1.89. The summed E-state index contributed by atoms with van der Waals surface area (Å²) in [7, 11) is 0. The van der Waals surface area contributed by atoms with Gasteiger partial charge in [-0.15, -0.1) is 0 Å². The number of hydrogen-bond donors (Lipinski definition) is 1. The molecule has 0 aliphatic carbocycles. The molecule has 0 bridgehead atoms. The molecule has 0 atom stereocenters. The Labute approximate surface area is 118 Å². The Morgan fingerprint density at radius 3 is 2.53 bits per heavy atom. The van der Waals surface area contributed by atoms with Crippen molar-refractivity contribution in [2.24, 2.45) is 5.90 Å². The van der Waals surface area contributed by atoms with Crippen molar-refractivity contribution in [2.75, 3.05) is 6.61 Å². The van der Waals surface area contributed by atoms with Crippen molar-refractivity contribution < 1.29 is 4.84 Å². The predicted octanol–water partition coefficient (Wildman–Crippen LogP) is 3.95. The first-order valence-electron chi connectivity index (χ1n) is 6.41. The topological polar surface area (TPSA) is 35.2 Å². The molecule has 0 radical (unpaired) electrons. The summed E-state index contributed by atoms with van der Waals surface area (Å²) in [5.41, 5.74) is 4.29. The molecule has 0 saturated heterocycles. The van der Waals surface area contributed by atoms with E-state index in [0.717, 1.165) is 6.42 Å². The van der Waals surface area contributed by atoms with Gasteiger partial charge in [-0.3, -0.25) is 0 Å². The Kier molecular flexibility index (Phi) is 5.02. The second-order valence-corrected chi connectivity index (χ2v) is 5.54. The molecule has 0 fully saturated rings. The van der Waals surface area contributed by atoms with E-state index in [9.17, 15) is 0 Å². The molecular formula is C16H19NOS. The smallest absolute Gasteiger partial charge is 0.0651 e. The molecule has 0 unspecified atom stereocenters. The first kappa shape index (κ1) is 14.1. The molecule has 0 aromatic heterocycles. The van der Waals surface area contributed by atoms with Crippen LogP contribution in [0, 0.1) is 6.92 Å². The molecule has 0 saturated carbocycles. The van der Waals surface area contributed by atoms with Gasteiger partial charge in [-0.05, 0) is 43.5 Å². The first-order valence-corrected chi connectivity index (χ1v) is 7.23.